The molecule has 0 spiro atoms. The number of hydrogen-bond donors (Lipinski definition) is 8. The minimum Gasteiger partial charge on any atom is -0.394 e. The lowest BCUT2D eigenvalue weighted by Crippen LogP contribution is -2.60. The molecule has 1 aliphatic heterocycles. The Morgan fingerprint density at radius 1 is 0.565 bits per heavy atom. The van der Waals surface area contributed by atoms with Crippen LogP contribution in [0.4, 0.5) is 0 Å². The minimum atomic E-state index is -1.66. The van der Waals surface area contributed by atoms with Crippen LogP contribution in [0.15, 0.2) is 24.3 Å². The fraction of sp³-hybridized carbons (Fsp3) is 0.902. The third kappa shape index (κ3) is 29.9. The molecule has 1 rings (SSSR count). The van der Waals surface area contributed by atoms with E-state index in [9.17, 15) is 40.5 Å². The van der Waals surface area contributed by atoms with Gasteiger partial charge in [-0.25, -0.2) is 0 Å². The Bertz CT molecular complexity index is 1060. The summed E-state index contributed by atoms with van der Waals surface area (Å²) >= 11 is 0. The van der Waals surface area contributed by atoms with Crippen LogP contribution in [0.5, 0.6) is 0 Å². The predicted octanol–water partition coefficient (Wildman–Crippen LogP) is 9.40. The quantitative estimate of drug-likeness (QED) is 0.0216. The number of aliphatic hydroxyl groups is 7. The van der Waals surface area contributed by atoms with E-state index in [0.717, 1.165) is 51.4 Å². The van der Waals surface area contributed by atoms with Gasteiger partial charge in [-0.2, -0.15) is 0 Å². The van der Waals surface area contributed by atoms with E-state index < -0.39 is 74.2 Å². The van der Waals surface area contributed by atoms with Crippen molar-refractivity contribution < 1.29 is 50.0 Å². The van der Waals surface area contributed by atoms with Crippen LogP contribution < -0.4 is 5.32 Å². The van der Waals surface area contributed by atoms with Gasteiger partial charge in [0.25, 0.3) is 0 Å². The normalized spacial score (nSPS) is 21.5. The zero-order chi connectivity index (χ0) is 45.5. The number of carbonyl (C=O) groups excluding carboxylic acids is 1. The summed E-state index contributed by atoms with van der Waals surface area (Å²) in [4.78, 5) is 13.1. The summed E-state index contributed by atoms with van der Waals surface area (Å²) in [5.41, 5.74) is 0. The van der Waals surface area contributed by atoms with Crippen LogP contribution in [0.25, 0.3) is 0 Å². The van der Waals surface area contributed by atoms with Crippen molar-refractivity contribution >= 4 is 5.91 Å². The smallest absolute Gasteiger partial charge is 0.249 e. The lowest BCUT2D eigenvalue weighted by molar-refractivity contribution is -0.303. The van der Waals surface area contributed by atoms with E-state index >= 15 is 0 Å². The van der Waals surface area contributed by atoms with Gasteiger partial charge >= 0.3 is 0 Å². The fourth-order valence-electron chi connectivity index (χ4n) is 8.24. The first-order chi connectivity index (χ1) is 30.2. The van der Waals surface area contributed by atoms with Gasteiger partial charge in [0, 0.05) is 0 Å². The molecule has 1 amide bonds. The molecule has 0 aromatic heterocycles. The Balaban J connectivity index is 2.28. The molecule has 0 bridgehead atoms. The molecule has 0 aromatic carbocycles. The fourth-order valence-corrected chi connectivity index (χ4v) is 8.24. The summed E-state index contributed by atoms with van der Waals surface area (Å²) in [5.74, 6) is -0.700. The second kappa shape index (κ2) is 41.1. The second-order valence-electron chi connectivity index (χ2n) is 18.2. The summed E-state index contributed by atoms with van der Waals surface area (Å²) < 4.78 is 11.1. The molecule has 1 aliphatic rings. The molecule has 11 nitrogen and oxygen atoms in total. The van der Waals surface area contributed by atoms with E-state index in [4.69, 9.17) is 9.47 Å². The van der Waals surface area contributed by atoms with Crippen LogP contribution in [-0.4, -0.2) is 110 Å². The van der Waals surface area contributed by atoms with Crippen LogP contribution in [0.1, 0.15) is 226 Å². The van der Waals surface area contributed by atoms with Gasteiger partial charge in [-0.05, 0) is 44.9 Å². The number of ether oxygens (including phenoxy) is 2. The minimum absolute atomic E-state index is 0.257. The van der Waals surface area contributed by atoms with Crippen molar-refractivity contribution in [3.63, 3.8) is 0 Å². The summed E-state index contributed by atoms with van der Waals surface area (Å²) in [6, 6.07) is -1.17. The number of rotatable bonds is 43. The number of aliphatic hydroxyl groups excluding tert-OH is 7. The van der Waals surface area contributed by atoms with Crippen molar-refractivity contribution in [1.29, 1.82) is 0 Å². The SMILES string of the molecule is CCCCCCCCCCC/C=C\C/C=C\CCCCCCCCCCCCC(O)C(=O)NC(COC1OC(CO)C(O)C(O)C1O)C(O)C(O)CCCCCCCCCCC. The lowest BCUT2D eigenvalue weighted by atomic mass is 9.98. The highest BCUT2D eigenvalue weighted by Crippen LogP contribution is 2.23. The van der Waals surface area contributed by atoms with Gasteiger partial charge in [-0.1, -0.05) is 205 Å². The van der Waals surface area contributed by atoms with E-state index in [1.807, 2.05) is 0 Å². The number of carbonyl (C=O) groups is 1. The molecule has 1 fully saturated rings. The molecule has 366 valence electrons. The molecule has 9 unspecified atom stereocenters. The molecular weight excluding hydrogens is 787 g/mol. The zero-order valence-corrected chi connectivity index (χ0v) is 39.6. The van der Waals surface area contributed by atoms with Gasteiger partial charge in [0.2, 0.25) is 5.91 Å². The van der Waals surface area contributed by atoms with Crippen molar-refractivity contribution in [2.24, 2.45) is 0 Å². The molecule has 62 heavy (non-hydrogen) atoms. The number of nitrogens with one attached hydrogen (secondary N) is 1. The number of amides is 1. The van der Waals surface area contributed by atoms with Crippen LogP contribution in [-0.2, 0) is 14.3 Å². The van der Waals surface area contributed by atoms with Crippen molar-refractivity contribution in [2.45, 2.75) is 281 Å². The molecule has 1 heterocycles. The van der Waals surface area contributed by atoms with Crippen LogP contribution in [0.2, 0.25) is 0 Å². The van der Waals surface area contributed by atoms with E-state index in [1.165, 1.54) is 135 Å². The predicted molar refractivity (Wildman–Crippen MR) is 252 cm³/mol. The van der Waals surface area contributed by atoms with Crippen molar-refractivity contribution in [2.75, 3.05) is 13.2 Å². The van der Waals surface area contributed by atoms with Crippen molar-refractivity contribution in [3.05, 3.63) is 24.3 Å². The van der Waals surface area contributed by atoms with Gasteiger partial charge in [0.15, 0.2) is 6.29 Å². The van der Waals surface area contributed by atoms with E-state index in [0.29, 0.717) is 19.3 Å². The number of unbranched alkanes of at least 4 members (excludes halogenated alkanes) is 27. The maximum absolute atomic E-state index is 13.1. The van der Waals surface area contributed by atoms with Gasteiger partial charge < -0.3 is 50.5 Å². The summed E-state index contributed by atoms with van der Waals surface area (Å²) in [7, 11) is 0. The van der Waals surface area contributed by atoms with Gasteiger partial charge in [0.1, 0.15) is 36.6 Å². The van der Waals surface area contributed by atoms with Crippen LogP contribution in [0.3, 0.4) is 0 Å². The van der Waals surface area contributed by atoms with Crippen LogP contribution >= 0.6 is 0 Å². The highest BCUT2D eigenvalue weighted by Gasteiger charge is 2.44. The first-order valence-electron chi connectivity index (χ1n) is 25.7. The molecular formula is C51H97NO10. The Kier molecular flexibility index (Phi) is 38.8. The van der Waals surface area contributed by atoms with Gasteiger partial charge in [0.05, 0.1) is 25.4 Å². The van der Waals surface area contributed by atoms with E-state index in [1.54, 1.807) is 0 Å². The van der Waals surface area contributed by atoms with Crippen molar-refractivity contribution in [3.8, 4) is 0 Å². The highest BCUT2D eigenvalue weighted by atomic mass is 16.7. The topological polar surface area (TPSA) is 189 Å². The third-order valence-electron chi connectivity index (χ3n) is 12.5. The van der Waals surface area contributed by atoms with Gasteiger partial charge in [-0.15, -0.1) is 0 Å². The molecule has 1 saturated heterocycles. The summed E-state index contributed by atoms with van der Waals surface area (Å²) in [5, 5.41) is 75.6. The second-order valence-corrected chi connectivity index (χ2v) is 18.2. The largest absolute Gasteiger partial charge is 0.394 e. The molecule has 0 aromatic rings. The molecule has 8 N–H and O–H groups in total. The Morgan fingerprint density at radius 3 is 1.44 bits per heavy atom. The molecule has 0 aliphatic carbocycles. The van der Waals surface area contributed by atoms with Gasteiger partial charge in [-0.3, -0.25) is 4.79 Å². The zero-order valence-electron chi connectivity index (χ0n) is 39.6. The standard InChI is InChI=1S/C51H97NO10/c1-3-5-7-9-11-13-14-15-16-17-18-19-20-21-22-23-24-25-26-27-28-29-31-33-35-37-39-44(55)50(60)52-42(41-61-51-49(59)48(58)47(57)45(40-53)62-51)46(56)43(54)38-36-34-32-30-12-10-8-6-4-2/h18-19,21-22,42-49,51,53-59H,3-17,20,23-41H2,1-2H3,(H,52,60)/b19-18-,22-21-. The summed E-state index contributed by atoms with van der Waals surface area (Å²) in [6.07, 6.45) is 35.4. The van der Waals surface area contributed by atoms with Crippen LogP contribution in [0, 0.1) is 0 Å². The van der Waals surface area contributed by atoms with E-state index in [2.05, 4.69) is 43.5 Å². The molecule has 0 radical (unpaired) electrons. The molecule has 11 heteroatoms. The molecule has 9 atom stereocenters. The van der Waals surface area contributed by atoms with E-state index in [-0.39, 0.29) is 6.42 Å². The molecule has 0 saturated carbocycles. The first-order valence-corrected chi connectivity index (χ1v) is 25.7. The average Bonchev–Trinajstić information content (AvgIpc) is 3.27. The maximum Gasteiger partial charge on any atom is 0.249 e. The third-order valence-corrected chi connectivity index (χ3v) is 12.5. The Morgan fingerprint density at radius 2 is 0.984 bits per heavy atom. The monoisotopic (exact) mass is 884 g/mol. The highest BCUT2D eigenvalue weighted by molar-refractivity contribution is 5.80. The first kappa shape index (κ1) is 58.6. The Labute approximate surface area is 378 Å². The van der Waals surface area contributed by atoms with Crippen molar-refractivity contribution in [1.82, 2.24) is 5.32 Å². The Hall–Kier alpha value is -1.41. The number of hydrogen-bond acceptors (Lipinski definition) is 10. The maximum atomic E-state index is 13.1. The average molecular weight is 884 g/mol. The number of allylic oxidation sites excluding steroid dienone is 4. The lowest BCUT2D eigenvalue weighted by Gasteiger charge is -2.40. The summed E-state index contributed by atoms with van der Waals surface area (Å²) in [6.45, 7) is 3.41.